The molecule has 1 N–H and O–H groups in total. The van der Waals surface area contributed by atoms with Gasteiger partial charge in [-0.3, -0.25) is 4.98 Å². The van der Waals surface area contributed by atoms with Crippen molar-refractivity contribution in [2.24, 2.45) is 0 Å². The van der Waals surface area contributed by atoms with E-state index in [-0.39, 0.29) is 11.4 Å². The summed E-state index contributed by atoms with van der Waals surface area (Å²) in [5.74, 6) is -0.323. The average Bonchev–Trinajstić information content (AvgIpc) is 2.79. The minimum atomic E-state index is -0.323. The minimum Gasteiger partial charge on any atom is -0.307 e. The maximum atomic E-state index is 12.9. The zero-order chi connectivity index (χ0) is 14.8. The number of halogens is 1. The molecule has 0 aliphatic carbocycles. The molecule has 3 nitrogen and oxygen atoms in total. The Hall–Kier alpha value is -1.33. The molecule has 0 radical (unpaired) electrons. The number of aryl methyl sites for hydroxylation is 1. The molecule has 0 spiro atoms. The van der Waals surface area contributed by atoms with Crippen LogP contribution in [0.25, 0.3) is 10.7 Å². The second kappa shape index (κ2) is 5.97. The Morgan fingerprint density at radius 2 is 2.05 bits per heavy atom. The maximum Gasteiger partial charge on any atom is 0.142 e. The number of rotatable bonds is 4. The van der Waals surface area contributed by atoms with E-state index in [1.807, 2.05) is 0 Å². The van der Waals surface area contributed by atoms with Crippen molar-refractivity contribution in [3.63, 3.8) is 0 Å². The van der Waals surface area contributed by atoms with E-state index in [1.54, 1.807) is 17.4 Å². The molecule has 2 heterocycles. The van der Waals surface area contributed by atoms with Gasteiger partial charge in [-0.05, 0) is 39.3 Å². The van der Waals surface area contributed by atoms with Gasteiger partial charge in [-0.25, -0.2) is 9.37 Å². The Balaban J connectivity index is 2.24. The average molecular weight is 293 g/mol. The van der Waals surface area contributed by atoms with Crippen LogP contribution in [0.5, 0.6) is 0 Å². The molecule has 0 saturated heterocycles. The molecule has 0 atom stereocenters. The summed E-state index contributed by atoms with van der Waals surface area (Å²) in [6.45, 7) is 9.31. The quantitative estimate of drug-likeness (QED) is 0.932. The van der Waals surface area contributed by atoms with Gasteiger partial charge in [-0.15, -0.1) is 11.3 Å². The lowest BCUT2D eigenvalue weighted by Crippen LogP contribution is -2.35. The smallest absolute Gasteiger partial charge is 0.142 e. The molecular formula is C15H20FN3S. The standard InChI is InChI=1S/C15H20FN3S/c1-5-11-13(9-18-15(2,3)4)20-14(19-11)12-7-6-10(16)8-17-12/h6-8,18H,5,9H2,1-4H3. The number of nitrogens with zero attached hydrogens (tertiary/aromatic N) is 2. The number of aromatic nitrogens is 2. The highest BCUT2D eigenvalue weighted by molar-refractivity contribution is 7.15. The highest BCUT2D eigenvalue weighted by Crippen LogP contribution is 2.27. The highest BCUT2D eigenvalue weighted by atomic mass is 32.1. The molecule has 5 heteroatoms. The molecule has 20 heavy (non-hydrogen) atoms. The fraction of sp³-hybridized carbons (Fsp3) is 0.467. The molecule has 0 unspecified atom stereocenters. The molecule has 0 bridgehead atoms. The summed E-state index contributed by atoms with van der Waals surface area (Å²) < 4.78 is 12.9. The number of hydrogen-bond donors (Lipinski definition) is 1. The Morgan fingerprint density at radius 1 is 1.30 bits per heavy atom. The van der Waals surface area contributed by atoms with Crippen LogP contribution >= 0.6 is 11.3 Å². The molecule has 0 aromatic carbocycles. The predicted molar refractivity (Wildman–Crippen MR) is 81.3 cm³/mol. The van der Waals surface area contributed by atoms with Crippen LogP contribution in [0.4, 0.5) is 4.39 Å². The summed E-state index contributed by atoms with van der Waals surface area (Å²) >= 11 is 1.63. The van der Waals surface area contributed by atoms with Gasteiger partial charge in [0.1, 0.15) is 10.8 Å². The normalized spacial score (nSPS) is 11.8. The van der Waals surface area contributed by atoms with Crippen LogP contribution in [-0.2, 0) is 13.0 Å². The third-order valence-electron chi connectivity index (χ3n) is 2.84. The van der Waals surface area contributed by atoms with Gasteiger partial charge in [0.15, 0.2) is 0 Å². The van der Waals surface area contributed by atoms with Gasteiger partial charge >= 0.3 is 0 Å². The van der Waals surface area contributed by atoms with E-state index in [4.69, 9.17) is 0 Å². The van der Waals surface area contributed by atoms with Crippen molar-refractivity contribution >= 4 is 11.3 Å². The lowest BCUT2D eigenvalue weighted by molar-refractivity contribution is 0.425. The topological polar surface area (TPSA) is 37.8 Å². The zero-order valence-corrected chi connectivity index (χ0v) is 13.1. The third kappa shape index (κ3) is 3.84. The number of nitrogens with one attached hydrogen (secondary N) is 1. The number of hydrogen-bond acceptors (Lipinski definition) is 4. The van der Waals surface area contributed by atoms with Gasteiger partial charge in [0, 0.05) is 17.0 Å². The fourth-order valence-electron chi connectivity index (χ4n) is 1.76. The van der Waals surface area contributed by atoms with Crippen LogP contribution in [0.15, 0.2) is 18.3 Å². The summed E-state index contributed by atoms with van der Waals surface area (Å²) in [5, 5.41) is 4.33. The first-order valence-corrected chi connectivity index (χ1v) is 7.56. The van der Waals surface area contributed by atoms with Crippen molar-refractivity contribution in [1.82, 2.24) is 15.3 Å². The van der Waals surface area contributed by atoms with Crippen molar-refractivity contribution < 1.29 is 4.39 Å². The Bertz CT molecular complexity index is 570. The zero-order valence-electron chi connectivity index (χ0n) is 12.3. The van der Waals surface area contributed by atoms with E-state index in [9.17, 15) is 4.39 Å². The van der Waals surface area contributed by atoms with Crippen molar-refractivity contribution in [2.45, 2.75) is 46.2 Å². The SMILES string of the molecule is CCc1nc(-c2ccc(F)cn2)sc1CNC(C)(C)C. The first-order valence-electron chi connectivity index (χ1n) is 6.74. The fourth-order valence-corrected chi connectivity index (χ4v) is 2.82. The Labute approximate surface area is 123 Å². The highest BCUT2D eigenvalue weighted by Gasteiger charge is 2.15. The van der Waals surface area contributed by atoms with Crippen molar-refractivity contribution in [3.8, 4) is 10.7 Å². The predicted octanol–water partition coefficient (Wildman–Crippen LogP) is 3.79. The molecule has 2 aromatic heterocycles. The monoisotopic (exact) mass is 293 g/mol. The Kier molecular flexibility index (Phi) is 4.50. The maximum absolute atomic E-state index is 12.9. The first-order chi connectivity index (χ1) is 9.39. The molecular weight excluding hydrogens is 273 g/mol. The van der Waals surface area contributed by atoms with Crippen molar-refractivity contribution in [2.75, 3.05) is 0 Å². The summed E-state index contributed by atoms with van der Waals surface area (Å²) in [4.78, 5) is 9.95. The molecule has 2 aromatic rings. The van der Waals surface area contributed by atoms with E-state index in [2.05, 4.69) is 43.0 Å². The lowest BCUT2D eigenvalue weighted by Gasteiger charge is -2.20. The summed E-state index contributed by atoms with van der Waals surface area (Å²) in [6, 6.07) is 3.09. The van der Waals surface area contributed by atoms with Crippen LogP contribution < -0.4 is 5.32 Å². The van der Waals surface area contributed by atoms with Crippen molar-refractivity contribution in [1.29, 1.82) is 0 Å². The summed E-state index contributed by atoms with van der Waals surface area (Å²) in [7, 11) is 0. The Morgan fingerprint density at radius 3 is 2.60 bits per heavy atom. The first kappa shape index (κ1) is 15.1. The second-order valence-corrected chi connectivity index (χ2v) is 6.79. The molecule has 108 valence electrons. The van der Waals surface area contributed by atoms with E-state index >= 15 is 0 Å². The van der Waals surface area contributed by atoms with Crippen LogP contribution in [-0.4, -0.2) is 15.5 Å². The van der Waals surface area contributed by atoms with Gasteiger partial charge in [-0.2, -0.15) is 0 Å². The lowest BCUT2D eigenvalue weighted by atomic mass is 10.1. The molecule has 0 fully saturated rings. The summed E-state index contributed by atoms with van der Waals surface area (Å²) in [5.41, 5.74) is 1.89. The molecule has 0 saturated carbocycles. The number of pyridine rings is 1. The largest absolute Gasteiger partial charge is 0.307 e. The van der Waals surface area contributed by atoms with E-state index < -0.39 is 0 Å². The third-order valence-corrected chi connectivity index (χ3v) is 3.96. The molecule has 2 rings (SSSR count). The van der Waals surface area contributed by atoms with Crippen LogP contribution in [0.1, 0.15) is 38.3 Å². The van der Waals surface area contributed by atoms with Gasteiger partial charge in [0.25, 0.3) is 0 Å². The van der Waals surface area contributed by atoms with Crippen LogP contribution in [0, 0.1) is 5.82 Å². The van der Waals surface area contributed by atoms with Crippen molar-refractivity contribution in [3.05, 3.63) is 34.7 Å². The number of thiazole rings is 1. The van der Waals surface area contributed by atoms with Crippen LogP contribution in [0.2, 0.25) is 0 Å². The van der Waals surface area contributed by atoms with E-state index in [0.717, 1.165) is 29.4 Å². The van der Waals surface area contributed by atoms with Gasteiger partial charge < -0.3 is 5.32 Å². The summed E-state index contributed by atoms with van der Waals surface area (Å²) in [6.07, 6.45) is 2.12. The van der Waals surface area contributed by atoms with Crippen LogP contribution in [0.3, 0.4) is 0 Å². The molecule has 0 amide bonds. The van der Waals surface area contributed by atoms with E-state index in [0.29, 0.717) is 0 Å². The minimum absolute atomic E-state index is 0.0727. The van der Waals surface area contributed by atoms with Gasteiger partial charge in [0.2, 0.25) is 0 Å². The van der Waals surface area contributed by atoms with Gasteiger partial charge in [-0.1, -0.05) is 6.92 Å². The molecule has 0 aliphatic heterocycles. The second-order valence-electron chi connectivity index (χ2n) is 5.71. The molecule has 0 aliphatic rings. The van der Waals surface area contributed by atoms with E-state index in [1.165, 1.54) is 17.1 Å². The van der Waals surface area contributed by atoms with Gasteiger partial charge in [0.05, 0.1) is 17.6 Å².